The molecule has 0 fully saturated rings. The maximum absolute atomic E-state index is 13.1. The molecule has 2 aromatic carbocycles. The second kappa shape index (κ2) is 9.21. The fourth-order valence-corrected chi connectivity index (χ4v) is 2.71. The number of rotatable bonds is 7. The molecule has 0 saturated heterocycles. The van der Waals surface area contributed by atoms with Gasteiger partial charge >= 0.3 is 12.1 Å². The van der Waals surface area contributed by atoms with Crippen molar-refractivity contribution in [2.45, 2.75) is 31.5 Å². The van der Waals surface area contributed by atoms with E-state index in [-0.39, 0.29) is 6.42 Å². The minimum absolute atomic E-state index is 0.251. The average molecular weight is 379 g/mol. The highest BCUT2D eigenvalue weighted by atomic mass is 19.4. The van der Waals surface area contributed by atoms with Crippen LogP contribution in [-0.4, -0.2) is 25.0 Å². The van der Waals surface area contributed by atoms with Gasteiger partial charge in [0.2, 0.25) is 0 Å². The van der Waals surface area contributed by atoms with Crippen molar-refractivity contribution >= 4 is 11.9 Å². The van der Waals surface area contributed by atoms with E-state index in [1.807, 2.05) is 30.3 Å². The van der Waals surface area contributed by atoms with Crippen LogP contribution in [0.2, 0.25) is 0 Å². The van der Waals surface area contributed by atoms with Gasteiger partial charge in [-0.3, -0.25) is 4.79 Å². The molecule has 0 heterocycles. The summed E-state index contributed by atoms with van der Waals surface area (Å²) in [5.41, 5.74) is -0.507. The Kier molecular flexibility index (Phi) is 6.98. The number of benzene rings is 2. The van der Waals surface area contributed by atoms with Gasteiger partial charge in [-0.05, 0) is 37.0 Å². The molecule has 0 unspecified atom stereocenters. The van der Waals surface area contributed by atoms with E-state index in [4.69, 9.17) is 0 Å². The second-order valence-corrected chi connectivity index (χ2v) is 5.97. The number of ether oxygens (including phenoxy) is 1. The smallest absolute Gasteiger partial charge is 0.417 e. The molecule has 0 bridgehead atoms. The Morgan fingerprint density at radius 2 is 1.67 bits per heavy atom. The number of alkyl halides is 3. The number of carbonyl (C=O) groups is 2. The quantitative estimate of drug-likeness (QED) is 0.740. The summed E-state index contributed by atoms with van der Waals surface area (Å²) in [4.78, 5) is 24.3. The minimum Gasteiger partial charge on any atom is -0.467 e. The Bertz CT molecular complexity index is 776. The Labute approximate surface area is 155 Å². The van der Waals surface area contributed by atoms with E-state index in [2.05, 4.69) is 10.1 Å². The summed E-state index contributed by atoms with van der Waals surface area (Å²) in [5, 5.41) is 2.37. The van der Waals surface area contributed by atoms with E-state index >= 15 is 0 Å². The minimum atomic E-state index is -4.66. The predicted molar refractivity (Wildman–Crippen MR) is 94.1 cm³/mol. The maximum atomic E-state index is 13.1. The molecule has 7 heteroatoms. The van der Waals surface area contributed by atoms with Gasteiger partial charge in [0.25, 0.3) is 5.91 Å². The number of halogens is 3. The first-order chi connectivity index (χ1) is 12.8. The molecule has 2 rings (SSSR count). The Morgan fingerprint density at radius 3 is 2.30 bits per heavy atom. The molecule has 2 aromatic rings. The lowest BCUT2D eigenvalue weighted by Gasteiger charge is -2.18. The zero-order chi connectivity index (χ0) is 19.9. The molecule has 1 atom stereocenters. The third-order valence-corrected chi connectivity index (χ3v) is 4.07. The van der Waals surface area contributed by atoms with Crippen molar-refractivity contribution in [3.63, 3.8) is 0 Å². The van der Waals surface area contributed by atoms with Crippen molar-refractivity contribution in [3.8, 4) is 0 Å². The number of carbonyl (C=O) groups excluding carboxylic acids is 2. The van der Waals surface area contributed by atoms with Crippen LogP contribution in [-0.2, 0) is 22.1 Å². The van der Waals surface area contributed by atoms with Gasteiger partial charge in [-0.25, -0.2) is 4.79 Å². The first kappa shape index (κ1) is 20.5. The SMILES string of the molecule is COC(=O)[C@H](CCCc1ccccc1)NC(=O)c1ccccc1C(F)(F)F. The normalized spacial score (nSPS) is 12.3. The van der Waals surface area contributed by atoms with E-state index in [1.165, 1.54) is 19.2 Å². The zero-order valence-electron chi connectivity index (χ0n) is 14.8. The molecule has 1 N–H and O–H groups in total. The molecule has 0 spiro atoms. The number of nitrogens with one attached hydrogen (secondary N) is 1. The third kappa shape index (κ3) is 5.84. The van der Waals surface area contributed by atoms with Crippen molar-refractivity contribution in [2.75, 3.05) is 7.11 Å². The van der Waals surface area contributed by atoms with Crippen LogP contribution in [0.15, 0.2) is 54.6 Å². The van der Waals surface area contributed by atoms with Crippen LogP contribution >= 0.6 is 0 Å². The van der Waals surface area contributed by atoms with Gasteiger partial charge < -0.3 is 10.1 Å². The van der Waals surface area contributed by atoms with Gasteiger partial charge in [0.15, 0.2) is 0 Å². The van der Waals surface area contributed by atoms with Crippen LogP contribution < -0.4 is 5.32 Å². The molecule has 1 amide bonds. The topological polar surface area (TPSA) is 55.4 Å². The highest BCUT2D eigenvalue weighted by molar-refractivity contribution is 5.98. The lowest BCUT2D eigenvalue weighted by Crippen LogP contribution is -2.42. The van der Waals surface area contributed by atoms with E-state index in [0.717, 1.165) is 17.7 Å². The molecule has 0 aromatic heterocycles. The van der Waals surface area contributed by atoms with Gasteiger partial charge in [0.05, 0.1) is 18.2 Å². The van der Waals surface area contributed by atoms with Crippen molar-refractivity contribution < 1.29 is 27.5 Å². The summed E-state index contributed by atoms with van der Waals surface area (Å²) in [5.74, 6) is -1.65. The standard InChI is InChI=1S/C20H20F3NO3/c1-27-19(26)17(13-7-10-14-8-3-2-4-9-14)24-18(25)15-11-5-6-12-16(15)20(21,22)23/h2-6,8-9,11-12,17H,7,10,13H2,1H3,(H,24,25)/t17-/m0/s1. The maximum Gasteiger partial charge on any atom is 0.417 e. The van der Waals surface area contributed by atoms with Gasteiger partial charge in [0.1, 0.15) is 6.04 Å². The Morgan fingerprint density at radius 1 is 1.04 bits per heavy atom. The summed E-state index contributed by atoms with van der Waals surface area (Å²) in [7, 11) is 1.17. The molecule has 0 aliphatic carbocycles. The molecule has 27 heavy (non-hydrogen) atoms. The first-order valence-corrected chi connectivity index (χ1v) is 8.41. The highest BCUT2D eigenvalue weighted by Crippen LogP contribution is 2.31. The Hall–Kier alpha value is -2.83. The predicted octanol–water partition coefficient (Wildman–Crippen LogP) is 4.00. The van der Waals surface area contributed by atoms with Crippen LogP contribution in [0.3, 0.4) is 0 Å². The average Bonchev–Trinajstić information content (AvgIpc) is 2.66. The number of esters is 1. The summed E-state index contributed by atoms with van der Waals surface area (Å²) in [6, 6.07) is 13.0. The van der Waals surface area contributed by atoms with Gasteiger partial charge in [-0.1, -0.05) is 42.5 Å². The molecule has 144 valence electrons. The second-order valence-electron chi connectivity index (χ2n) is 5.97. The summed E-state index contributed by atoms with van der Waals surface area (Å²) < 4.78 is 43.9. The van der Waals surface area contributed by atoms with E-state index < -0.39 is 35.2 Å². The Balaban J connectivity index is 2.07. The van der Waals surface area contributed by atoms with Crippen LogP contribution in [0.1, 0.15) is 34.3 Å². The van der Waals surface area contributed by atoms with E-state index in [9.17, 15) is 22.8 Å². The van der Waals surface area contributed by atoms with Crippen molar-refractivity contribution in [3.05, 3.63) is 71.3 Å². The monoisotopic (exact) mass is 379 g/mol. The molecule has 0 aliphatic rings. The summed E-state index contributed by atoms with van der Waals surface area (Å²) >= 11 is 0. The molecule has 0 saturated carbocycles. The van der Waals surface area contributed by atoms with Crippen molar-refractivity contribution in [1.29, 1.82) is 0 Å². The molecular formula is C20H20F3NO3. The van der Waals surface area contributed by atoms with Gasteiger partial charge in [0, 0.05) is 0 Å². The highest BCUT2D eigenvalue weighted by Gasteiger charge is 2.35. The van der Waals surface area contributed by atoms with Crippen LogP contribution in [0, 0.1) is 0 Å². The number of hydrogen-bond donors (Lipinski definition) is 1. The van der Waals surface area contributed by atoms with Gasteiger partial charge in [-0.2, -0.15) is 13.2 Å². The number of amides is 1. The molecule has 0 radical (unpaired) electrons. The van der Waals surface area contributed by atoms with Crippen LogP contribution in [0.5, 0.6) is 0 Å². The molecular weight excluding hydrogens is 359 g/mol. The third-order valence-electron chi connectivity index (χ3n) is 4.07. The summed E-state index contributed by atoms with van der Waals surface area (Å²) in [6.45, 7) is 0. The van der Waals surface area contributed by atoms with Crippen molar-refractivity contribution in [1.82, 2.24) is 5.32 Å². The number of aryl methyl sites for hydroxylation is 1. The van der Waals surface area contributed by atoms with E-state index in [1.54, 1.807) is 0 Å². The summed E-state index contributed by atoms with van der Waals surface area (Å²) in [6.07, 6.45) is -3.18. The van der Waals surface area contributed by atoms with Crippen LogP contribution in [0.25, 0.3) is 0 Å². The van der Waals surface area contributed by atoms with Gasteiger partial charge in [-0.15, -0.1) is 0 Å². The van der Waals surface area contributed by atoms with Crippen LogP contribution in [0.4, 0.5) is 13.2 Å². The lowest BCUT2D eigenvalue weighted by molar-refractivity contribution is -0.143. The fourth-order valence-electron chi connectivity index (χ4n) is 2.71. The fraction of sp³-hybridized carbons (Fsp3) is 0.300. The lowest BCUT2D eigenvalue weighted by atomic mass is 10.0. The number of hydrogen-bond acceptors (Lipinski definition) is 3. The van der Waals surface area contributed by atoms with E-state index in [0.29, 0.717) is 12.8 Å². The molecule has 0 aliphatic heterocycles. The number of methoxy groups -OCH3 is 1. The zero-order valence-corrected chi connectivity index (χ0v) is 14.8. The van der Waals surface area contributed by atoms with Crippen molar-refractivity contribution in [2.24, 2.45) is 0 Å². The largest absolute Gasteiger partial charge is 0.467 e. The first-order valence-electron chi connectivity index (χ1n) is 8.41. The molecule has 4 nitrogen and oxygen atoms in total.